The van der Waals surface area contributed by atoms with E-state index < -0.39 is 0 Å². The van der Waals surface area contributed by atoms with Gasteiger partial charge < -0.3 is 9.88 Å². The van der Waals surface area contributed by atoms with E-state index in [0.717, 1.165) is 22.4 Å². The highest BCUT2D eigenvalue weighted by atomic mass is 32.1. The number of hydrogen-bond acceptors (Lipinski definition) is 3. The molecule has 1 amide bonds. The molecule has 0 unspecified atom stereocenters. The molecule has 0 spiro atoms. The first-order valence-electron chi connectivity index (χ1n) is 8.40. The van der Waals surface area contributed by atoms with Crippen molar-refractivity contribution in [2.45, 2.75) is 6.54 Å². The van der Waals surface area contributed by atoms with Gasteiger partial charge in [0.15, 0.2) is 0 Å². The SMILES string of the molecule is O=C(NCc1cccnc1)c1scc(-c2ccc(F)cc2)c1-n1cccc1. The van der Waals surface area contributed by atoms with Crippen molar-refractivity contribution in [3.63, 3.8) is 0 Å². The Balaban J connectivity index is 1.68. The van der Waals surface area contributed by atoms with Gasteiger partial charge in [0, 0.05) is 42.3 Å². The molecule has 0 atom stereocenters. The number of amides is 1. The maximum absolute atomic E-state index is 13.3. The van der Waals surface area contributed by atoms with Crippen LogP contribution in [0.3, 0.4) is 0 Å². The van der Waals surface area contributed by atoms with Crippen LogP contribution in [0.4, 0.5) is 4.39 Å². The van der Waals surface area contributed by atoms with Crippen LogP contribution >= 0.6 is 11.3 Å². The lowest BCUT2D eigenvalue weighted by Gasteiger charge is -2.10. The van der Waals surface area contributed by atoms with Crippen LogP contribution in [0, 0.1) is 5.82 Å². The number of carbonyl (C=O) groups excluding carboxylic acids is 1. The van der Waals surface area contributed by atoms with Gasteiger partial charge in [-0.15, -0.1) is 11.3 Å². The van der Waals surface area contributed by atoms with E-state index in [4.69, 9.17) is 0 Å². The van der Waals surface area contributed by atoms with E-state index >= 15 is 0 Å². The van der Waals surface area contributed by atoms with Crippen molar-refractivity contribution in [3.05, 3.63) is 95.0 Å². The normalized spacial score (nSPS) is 10.7. The molecule has 4 nitrogen and oxygen atoms in total. The Morgan fingerprint density at radius 3 is 2.59 bits per heavy atom. The van der Waals surface area contributed by atoms with Crippen molar-refractivity contribution in [1.29, 1.82) is 0 Å². The molecule has 134 valence electrons. The molecule has 0 aliphatic carbocycles. The molecule has 4 aromatic rings. The van der Waals surface area contributed by atoms with Gasteiger partial charge >= 0.3 is 0 Å². The van der Waals surface area contributed by atoms with E-state index in [0.29, 0.717) is 11.4 Å². The molecule has 3 heterocycles. The highest BCUT2D eigenvalue weighted by molar-refractivity contribution is 7.13. The minimum atomic E-state index is -0.286. The van der Waals surface area contributed by atoms with Gasteiger partial charge in [0.2, 0.25) is 0 Å². The number of pyridine rings is 1. The number of nitrogens with zero attached hydrogens (tertiary/aromatic N) is 2. The second-order valence-corrected chi connectivity index (χ2v) is 6.85. The summed E-state index contributed by atoms with van der Waals surface area (Å²) in [6.07, 6.45) is 7.22. The van der Waals surface area contributed by atoms with Crippen LogP contribution in [-0.4, -0.2) is 15.5 Å². The Kier molecular flexibility index (Phi) is 4.80. The summed E-state index contributed by atoms with van der Waals surface area (Å²) < 4.78 is 15.2. The summed E-state index contributed by atoms with van der Waals surface area (Å²) in [6.45, 7) is 0.404. The van der Waals surface area contributed by atoms with Gasteiger partial charge in [-0.05, 0) is 41.5 Å². The predicted octanol–water partition coefficient (Wildman–Crippen LogP) is 4.67. The number of carbonyl (C=O) groups is 1. The van der Waals surface area contributed by atoms with E-state index in [1.54, 1.807) is 24.5 Å². The third-order valence-electron chi connectivity index (χ3n) is 4.16. The number of rotatable bonds is 5. The second-order valence-electron chi connectivity index (χ2n) is 5.97. The van der Waals surface area contributed by atoms with Gasteiger partial charge in [-0.25, -0.2) is 4.39 Å². The maximum Gasteiger partial charge on any atom is 0.263 e. The fourth-order valence-corrected chi connectivity index (χ4v) is 3.84. The zero-order valence-corrected chi connectivity index (χ0v) is 15.1. The molecule has 6 heteroatoms. The van der Waals surface area contributed by atoms with Gasteiger partial charge in [-0.1, -0.05) is 18.2 Å². The lowest BCUT2D eigenvalue weighted by molar-refractivity contribution is 0.0955. The summed E-state index contributed by atoms with van der Waals surface area (Å²) >= 11 is 1.37. The Bertz CT molecular complexity index is 1040. The number of thiophene rings is 1. The average molecular weight is 377 g/mol. The Hall–Kier alpha value is -3.25. The van der Waals surface area contributed by atoms with Crippen molar-refractivity contribution in [1.82, 2.24) is 14.9 Å². The van der Waals surface area contributed by atoms with Crippen LogP contribution < -0.4 is 5.32 Å². The predicted molar refractivity (Wildman–Crippen MR) is 104 cm³/mol. The number of halogens is 1. The van der Waals surface area contributed by atoms with Gasteiger partial charge in [0.25, 0.3) is 5.91 Å². The highest BCUT2D eigenvalue weighted by Gasteiger charge is 2.20. The standard InChI is InChI=1S/C21H16FN3OS/c22-17-7-5-16(6-8-17)18-14-27-20(19(18)25-10-1-2-11-25)21(26)24-13-15-4-3-9-23-12-15/h1-12,14H,13H2,(H,24,26). The second kappa shape index (κ2) is 7.55. The molecular formula is C21H16FN3OS. The minimum absolute atomic E-state index is 0.152. The average Bonchev–Trinajstić information content (AvgIpc) is 3.37. The molecule has 4 rings (SSSR count). The van der Waals surface area contributed by atoms with Gasteiger partial charge in [-0.3, -0.25) is 9.78 Å². The molecule has 3 aromatic heterocycles. The van der Waals surface area contributed by atoms with Gasteiger partial charge in [-0.2, -0.15) is 0 Å². The topological polar surface area (TPSA) is 46.9 Å². The van der Waals surface area contributed by atoms with Crippen LogP contribution in [0.1, 0.15) is 15.2 Å². The number of aromatic nitrogens is 2. The van der Waals surface area contributed by atoms with Crippen molar-refractivity contribution >= 4 is 17.2 Å². The molecular weight excluding hydrogens is 361 g/mol. The number of benzene rings is 1. The molecule has 0 saturated heterocycles. The summed E-state index contributed by atoms with van der Waals surface area (Å²) in [7, 11) is 0. The van der Waals surface area contributed by atoms with E-state index in [9.17, 15) is 9.18 Å². The molecule has 27 heavy (non-hydrogen) atoms. The first-order chi connectivity index (χ1) is 13.2. The summed E-state index contributed by atoms with van der Waals surface area (Å²) in [5.41, 5.74) is 3.48. The molecule has 0 radical (unpaired) electrons. The van der Waals surface area contributed by atoms with Crippen LogP contribution in [-0.2, 0) is 6.54 Å². The van der Waals surface area contributed by atoms with Crippen LogP contribution in [0.5, 0.6) is 0 Å². The first kappa shape index (κ1) is 17.2. The molecule has 0 fully saturated rings. The molecule has 1 aromatic carbocycles. The van der Waals surface area contributed by atoms with Crippen molar-refractivity contribution in [2.24, 2.45) is 0 Å². The van der Waals surface area contributed by atoms with E-state index in [2.05, 4.69) is 10.3 Å². The van der Waals surface area contributed by atoms with E-state index in [1.165, 1.54) is 23.5 Å². The van der Waals surface area contributed by atoms with Crippen molar-refractivity contribution < 1.29 is 9.18 Å². The van der Waals surface area contributed by atoms with Gasteiger partial charge in [0.1, 0.15) is 10.7 Å². The Labute approximate surface area is 159 Å². The van der Waals surface area contributed by atoms with E-state index in [1.807, 2.05) is 46.6 Å². The largest absolute Gasteiger partial charge is 0.347 e. The van der Waals surface area contributed by atoms with Gasteiger partial charge in [0.05, 0.1) is 5.69 Å². The Morgan fingerprint density at radius 2 is 1.89 bits per heavy atom. The zero-order chi connectivity index (χ0) is 18.6. The fraction of sp³-hybridized carbons (Fsp3) is 0.0476. The first-order valence-corrected chi connectivity index (χ1v) is 9.28. The zero-order valence-electron chi connectivity index (χ0n) is 14.3. The summed E-state index contributed by atoms with van der Waals surface area (Å²) in [6, 6.07) is 13.9. The van der Waals surface area contributed by atoms with Crippen LogP contribution in [0.25, 0.3) is 16.8 Å². The van der Waals surface area contributed by atoms with Crippen molar-refractivity contribution in [2.75, 3.05) is 0 Å². The quantitative estimate of drug-likeness (QED) is 0.549. The minimum Gasteiger partial charge on any atom is -0.347 e. The molecule has 0 saturated carbocycles. The maximum atomic E-state index is 13.3. The lowest BCUT2D eigenvalue weighted by Crippen LogP contribution is -2.23. The van der Waals surface area contributed by atoms with Crippen LogP contribution in [0.15, 0.2) is 78.7 Å². The van der Waals surface area contributed by atoms with E-state index in [-0.39, 0.29) is 11.7 Å². The summed E-state index contributed by atoms with van der Waals surface area (Å²) in [5.74, 6) is -0.438. The monoisotopic (exact) mass is 377 g/mol. The Morgan fingerprint density at radius 1 is 1.11 bits per heavy atom. The highest BCUT2D eigenvalue weighted by Crippen LogP contribution is 2.35. The molecule has 0 aliphatic heterocycles. The number of hydrogen-bond donors (Lipinski definition) is 1. The molecule has 0 aliphatic rings. The van der Waals surface area contributed by atoms with Crippen molar-refractivity contribution in [3.8, 4) is 16.8 Å². The number of nitrogens with one attached hydrogen (secondary N) is 1. The van der Waals surface area contributed by atoms with Crippen LogP contribution in [0.2, 0.25) is 0 Å². The fourth-order valence-electron chi connectivity index (χ4n) is 2.85. The summed E-state index contributed by atoms with van der Waals surface area (Å²) in [5, 5.41) is 4.88. The third kappa shape index (κ3) is 3.66. The molecule has 1 N–H and O–H groups in total. The lowest BCUT2D eigenvalue weighted by atomic mass is 10.1. The smallest absolute Gasteiger partial charge is 0.263 e. The molecule has 0 bridgehead atoms. The third-order valence-corrected chi connectivity index (χ3v) is 5.13. The summed E-state index contributed by atoms with van der Waals surface area (Å²) in [4.78, 5) is 17.5.